The summed E-state index contributed by atoms with van der Waals surface area (Å²) in [6, 6.07) is 7.30. The fourth-order valence-electron chi connectivity index (χ4n) is 3.95. The largest absolute Gasteiger partial charge is 0.461 e. The van der Waals surface area contributed by atoms with Crippen molar-refractivity contribution in [1.82, 2.24) is 10.6 Å². The lowest BCUT2D eigenvalue weighted by Crippen LogP contribution is -2.39. The third-order valence-electron chi connectivity index (χ3n) is 5.31. The van der Waals surface area contributed by atoms with E-state index in [2.05, 4.69) is 10.6 Å². The molecule has 1 aromatic carbocycles. The lowest BCUT2D eigenvalue weighted by Gasteiger charge is -2.29. The Labute approximate surface area is 145 Å². The van der Waals surface area contributed by atoms with Crippen molar-refractivity contribution in [2.45, 2.75) is 32.3 Å². The van der Waals surface area contributed by atoms with Gasteiger partial charge in [0.05, 0.1) is 17.5 Å². The zero-order valence-electron chi connectivity index (χ0n) is 14.3. The van der Waals surface area contributed by atoms with Crippen LogP contribution in [0.25, 0.3) is 11.0 Å². The third-order valence-corrected chi connectivity index (χ3v) is 5.31. The van der Waals surface area contributed by atoms with Gasteiger partial charge < -0.3 is 19.8 Å². The van der Waals surface area contributed by atoms with Crippen molar-refractivity contribution in [3.8, 4) is 0 Å². The molecule has 2 aromatic rings. The molecule has 1 unspecified atom stereocenters. The molecule has 2 fully saturated rings. The predicted octanol–water partition coefficient (Wildman–Crippen LogP) is 2.16. The number of piperidine rings is 1. The van der Waals surface area contributed by atoms with E-state index < -0.39 is 0 Å². The van der Waals surface area contributed by atoms with Crippen LogP contribution >= 0.6 is 0 Å². The molecule has 6 heteroatoms. The second-order valence-electron chi connectivity index (χ2n) is 7.05. The summed E-state index contributed by atoms with van der Waals surface area (Å²) >= 11 is 0. The number of hydrogen-bond donors (Lipinski definition) is 2. The molecule has 3 heterocycles. The number of ether oxygens (including phenoxy) is 1. The molecule has 132 valence electrons. The highest BCUT2D eigenvalue weighted by Gasteiger charge is 2.49. The van der Waals surface area contributed by atoms with E-state index in [1.54, 1.807) is 12.1 Å². The number of hydrogen-bond acceptors (Lipinski definition) is 5. The molecule has 0 aliphatic carbocycles. The Bertz CT molecular complexity index is 820. The smallest absolute Gasteiger partial charge is 0.312 e. The summed E-state index contributed by atoms with van der Waals surface area (Å²) in [5.41, 5.74) is 0.920. The number of aryl methyl sites for hydroxylation is 1. The van der Waals surface area contributed by atoms with Gasteiger partial charge in [-0.2, -0.15) is 0 Å². The molecule has 25 heavy (non-hydrogen) atoms. The van der Waals surface area contributed by atoms with Crippen molar-refractivity contribution in [1.29, 1.82) is 0 Å². The number of furan rings is 1. The fraction of sp³-hybridized carbons (Fsp3) is 0.474. The molecule has 2 aliphatic heterocycles. The van der Waals surface area contributed by atoms with Gasteiger partial charge in [-0.15, -0.1) is 0 Å². The molecule has 6 nitrogen and oxygen atoms in total. The van der Waals surface area contributed by atoms with Crippen LogP contribution in [-0.2, 0) is 9.53 Å². The summed E-state index contributed by atoms with van der Waals surface area (Å²) in [6.45, 7) is 3.89. The van der Waals surface area contributed by atoms with Crippen LogP contribution in [0.5, 0.6) is 0 Å². The minimum absolute atomic E-state index is 0.110. The molecule has 0 bridgehead atoms. The molecule has 4 rings (SSSR count). The van der Waals surface area contributed by atoms with Gasteiger partial charge in [0, 0.05) is 11.8 Å². The SMILES string of the molecule is Cc1cc2c(C(=O)NCC3CC4(CCNCC4)C(=O)O3)cccc2o1. The highest BCUT2D eigenvalue weighted by Crippen LogP contribution is 2.41. The Kier molecular flexibility index (Phi) is 4.00. The quantitative estimate of drug-likeness (QED) is 0.836. The number of rotatable bonds is 3. The highest BCUT2D eigenvalue weighted by molar-refractivity contribution is 6.06. The van der Waals surface area contributed by atoms with E-state index in [4.69, 9.17) is 9.15 Å². The van der Waals surface area contributed by atoms with Crippen molar-refractivity contribution in [3.05, 3.63) is 35.6 Å². The molecule has 1 amide bonds. The van der Waals surface area contributed by atoms with E-state index >= 15 is 0 Å². The second-order valence-corrected chi connectivity index (χ2v) is 7.05. The second kappa shape index (κ2) is 6.19. The van der Waals surface area contributed by atoms with Gasteiger partial charge in [-0.1, -0.05) is 6.07 Å². The highest BCUT2D eigenvalue weighted by atomic mass is 16.6. The maximum atomic E-state index is 12.6. The standard InChI is InChI=1S/C19H22N2O4/c1-12-9-15-14(3-2-4-16(15)24-12)17(22)21-11-13-10-19(18(23)25-13)5-7-20-8-6-19/h2-4,9,13,20H,5-8,10-11H2,1H3,(H,21,22). The van der Waals surface area contributed by atoms with Gasteiger partial charge in [-0.3, -0.25) is 9.59 Å². The number of nitrogens with one attached hydrogen (secondary N) is 2. The first-order chi connectivity index (χ1) is 12.1. The minimum Gasteiger partial charge on any atom is -0.461 e. The monoisotopic (exact) mass is 342 g/mol. The van der Waals surface area contributed by atoms with Crippen LogP contribution in [0.4, 0.5) is 0 Å². The average Bonchev–Trinajstić information content (AvgIpc) is 3.13. The summed E-state index contributed by atoms with van der Waals surface area (Å²) in [5, 5.41) is 6.99. The Hall–Kier alpha value is -2.34. The van der Waals surface area contributed by atoms with Crippen LogP contribution < -0.4 is 10.6 Å². The summed E-state index contributed by atoms with van der Waals surface area (Å²) < 4.78 is 11.1. The zero-order chi connectivity index (χ0) is 17.4. The molecule has 2 saturated heterocycles. The molecule has 2 N–H and O–H groups in total. The van der Waals surface area contributed by atoms with Crippen LogP contribution in [0, 0.1) is 12.3 Å². The first-order valence-corrected chi connectivity index (χ1v) is 8.77. The minimum atomic E-state index is -0.359. The van der Waals surface area contributed by atoms with E-state index in [9.17, 15) is 9.59 Å². The number of fused-ring (bicyclic) bond motifs is 1. The number of carbonyl (C=O) groups is 2. The summed E-state index contributed by atoms with van der Waals surface area (Å²) in [6.07, 6.45) is 2.05. The predicted molar refractivity (Wildman–Crippen MR) is 92.3 cm³/mol. The average molecular weight is 342 g/mol. The first kappa shape index (κ1) is 16.1. The third kappa shape index (κ3) is 2.91. The maximum Gasteiger partial charge on any atom is 0.312 e. The first-order valence-electron chi connectivity index (χ1n) is 8.77. The number of amides is 1. The van der Waals surface area contributed by atoms with Crippen LogP contribution in [0.3, 0.4) is 0 Å². The van der Waals surface area contributed by atoms with E-state index in [1.807, 2.05) is 19.1 Å². The van der Waals surface area contributed by atoms with Gasteiger partial charge in [0.25, 0.3) is 5.91 Å². The maximum absolute atomic E-state index is 12.6. The number of benzene rings is 1. The molecule has 0 saturated carbocycles. The van der Waals surface area contributed by atoms with Crippen molar-refractivity contribution in [3.63, 3.8) is 0 Å². The molecule has 0 radical (unpaired) electrons. The van der Waals surface area contributed by atoms with Gasteiger partial charge in [-0.25, -0.2) is 0 Å². The molecule has 1 atom stereocenters. The molecular weight excluding hydrogens is 320 g/mol. The van der Waals surface area contributed by atoms with Gasteiger partial charge in [-0.05, 0) is 51.1 Å². The lowest BCUT2D eigenvalue weighted by molar-refractivity contribution is -0.149. The van der Waals surface area contributed by atoms with Gasteiger partial charge in [0.15, 0.2) is 0 Å². The van der Waals surface area contributed by atoms with Gasteiger partial charge in [0.1, 0.15) is 17.4 Å². The molecular formula is C19H22N2O4. The van der Waals surface area contributed by atoms with Crippen molar-refractivity contribution < 1.29 is 18.7 Å². The molecule has 2 aliphatic rings. The topological polar surface area (TPSA) is 80.6 Å². The molecule has 1 spiro atoms. The van der Waals surface area contributed by atoms with Crippen LogP contribution in [0.2, 0.25) is 0 Å². The number of carbonyl (C=O) groups excluding carboxylic acids is 2. The Morgan fingerprint density at radius 1 is 1.36 bits per heavy atom. The Balaban J connectivity index is 1.43. The van der Waals surface area contributed by atoms with Crippen molar-refractivity contribution >= 4 is 22.8 Å². The zero-order valence-corrected chi connectivity index (χ0v) is 14.3. The normalized spacial score (nSPS) is 22.3. The Morgan fingerprint density at radius 3 is 2.96 bits per heavy atom. The summed E-state index contributed by atoms with van der Waals surface area (Å²) in [4.78, 5) is 24.8. The molecule has 1 aromatic heterocycles. The van der Waals surface area contributed by atoms with E-state index in [1.165, 1.54) is 0 Å². The Morgan fingerprint density at radius 2 is 2.16 bits per heavy atom. The van der Waals surface area contributed by atoms with Gasteiger partial charge in [0.2, 0.25) is 0 Å². The fourth-order valence-corrected chi connectivity index (χ4v) is 3.95. The van der Waals surface area contributed by atoms with Crippen LogP contribution in [0.15, 0.2) is 28.7 Å². The van der Waals surface area contributed by atoms with Crippen molar-refractivity contribution in [2.75, 3.05) is 19.6 Å². The van der Waals surface area contributed by atoms with E-state index in [-0.39, 0.29) is 23.4 Å². The van der Waals surface area contributed by atoms with Crippen LogP contribution in [0.1, 0.15) is 35.4 Å². The lowest BCUT2D eigenvalue weighted by atomic mass is 9.76. The van der Waals surface area contributed by atoms with Crippen molar-refractivity contribution in [2.24, 2.45) is 5.41 Å². The van der Waals surface area contributed by atoms with Crippen LogP contribution in [-0.4, -0.2) is 37.6 Å². The summed E-state index contributed by atoms with van der Waals surface area (Å²) in [7, 11) is 0. The van der Waals surface area contributed by atoms with Gasteiger partial charge >= 0.3 is 5.97 Å². The van der Waals surface area contributed by atoms with E-state index in [0.29, 0.717) is 24.1 Å². The number of cyclic esters (lactones) is 1. The number of esters is 1. The van der Waals surface area contributed by atoms with E-state index in [0.717, 1.165) is 37.1 Å². The summed E-state index contributed by atoms with van der Waals surface area (Å²) in [5.74, 6) is 0.488.